The van der Waals surface area contributed by atoms with Crippen LogP contribution in [0.1, 0.15) is 0 Å². The molecule has 0 aliphatic heterocycles. The molecule has 2 N–H and O–H groups in total. The van der Waals surface area contributed by atoms with E-state index in [1.165, 1.54) is 0 Å². The number of aromatic nitrogens is 4. The molecule has 2 heterocycles. The number of benzene rings is 1. The molecule has 0 spiro atoms. The normalized spacial score (nSPS) is 10.9. The Bertz CT molecular complexity index is 707. The summed E-state index contributed by atoms with van der Waals surface area (Å²) in [5, 5.41) is 5.99. The van der Waals surface area contributed by atoms with E-state index in [4.69, 9.17) is 5.73 Å². The predicted octanol–water partition coefficient (Wildman–Crippen LogP) is 2.10. The van der Waals surface area contributed by atoms with Crippen molar-refractivity contribution in [3.05, 3.63) is 36.9 Å². The molecule has 1 aromatic carbocycles. The van der Waals surface area contributed by atoms with Gasteiger partial charge in [0.05, 0.1) is 16.6 Å². The van der Waals surface area contributed by atoms with E-state index in [-0.39, 0.29) is 0 Å². The van der Waals surface area contributed by atoms with Crippen LogP contribution in [0.3, 0.4) is 0 Å². The Morgan fingerprint density at radius 3 is 2.94 bits per heavy atom. The Labute approximate surface area is 108 Å². The molecule has 0 amide bonds. The molecule has 0 atom stereocenters. The first-order valence-corrected chi connectivity index (χ1v) is 6.21. The minimum atomic E-state index is 0.713. The van der Waals surface area contributed by atoms with Crippen molar-refractivity contribution in [2.75, 3.05) is 5.73 Å². The maximum Gasteiger partial charge on any atom is 0.117 e. The highest BCUT2D eigenvalue weighted by Crippen LogP contribution is 2.31. The monoisotopic (exact) mass is 257 g/mol. The third-order valence-electron chi connectivity index (χ3n) is 2.52. The molecule has 5 nitrogen and oxygen atoms in total. The van der Waals surface area contributed by atoms with Crippen LogP contribution in [0.2, 0.25) is 0 Å². The maximum atomic E-state index is 5.81. The van der Waals surface area contributed by atoms with Gasteiger partial charge in [-0.3, -0.25) is 4.68 Å². The fourth-order valence-corrected chi connectivity index (χ4v) is 2.60. The van der Waals surface area contributed by atoms with E-state index >= 15 is 0 Å². The van der Waals surface area contributed by atoms with Gasteiger partial charge < -0.3 is 5.73 Å². The van der Waals surface area contributed by atoms with Crippen LogP contribution < -0.4 is 5.73 Å². The van der Waals surface area contributed by atoms with Crippen molar-refractivity contribution in [1.82, 2.24) is 19.7 Å². The fraction of sp³-hybridized carbons (Fsp3) is 0.0833. The summed E-state index contributed by atoms with van der Waals surface area (Å²) in [6.45, 7) is 0. The maximum absolute atomic E-state index is 5.81. The molecule has 0 saturated carbocycles. The molecule has 0 fully saturated rings. The Kier molecular flexibility index (Phi) is 2.64. The summed E-state index contributed by atoms with van der Waals surface area (Å²) in [6.07, 6.45) is 5.33. The molecule has 90 valence electrons. The molecule has 18 heavy (non-hydrogen) atoms. The minimum Gasteiger partial charge on any atom is -0.399 e. The minimum absolute atomic E-state index is 0.713. The van der Waals surface area contributed by atoms with Gasteiger partial charge in [-0.15, -0.1) is 0 Å². The average Bonchev–Trinajstić information content (AvgIpc) is 2.76. The van der Waals surface area contributed by atoms with Crippen LogP contribution in [0.5, 0.6) is 0 Å². The number of hydrogen-bond acceptors (Lipinski definition) is 5. The molecule has 0 saturated heterocycles. The van der Waals surface area contributed by atoms with Gasteiger partial charge in [0, 0.05) is 24.3 Å². The summed E-state index contributed by atoms with van der Waals surface area (Å²) in [6, 6.07) is 5.64. The Hall–Kier alpha value is -2.08. The molecule has 0 aliphatic rings. The topological polar surface area (TPSA) is 69.6 Å². The van der Waals surface area contributed by atoms with Crippen LogP contribution in [0.25, 0.3) is 10.9 Å². The first kappa shape index (κ1) is 11.0. The molecule has 0 unspecified atom stereocenters. The predicted molar refractivity (Wildman–Crippen MR) is 71.3 cm³/mol. The van der Waals surface area contributed by atoms with Gasteiger partial charge in [-0.25, -0.2) is 9.97 Å². The summed E-state index contributed by atoms with van der Waals surface area (Å²) < 4.78 is 1.76. The van der Waals surface area contributed by atoms with Gasteiger partial charge in [-0.2, -0.15) is 5.10 Å². The molecule has 0 radical (unpaired) electrons. The van der Waals surface area contributed by atoms with Gasteiger partial charge in [-0.1, -0.05) is 11.8 Å². The second-order valence-electron chi connectivity index (χ2n) is 3.91. The third kappa shape index (κ3) is 2.02. The van der Waals surface area contributed by atoms with E-state index in [0.29, 0.717) is 5.69 Å². The largest absolute Gasteiger partial charge is 0.399 e. The molecule has 3 rings (SSSR count). The molecule has 0 aliphatic carbocycles. The summed E-state index contributed by atoms with van der Waals surface area (Å²) in [5.41, 5.74) is 7.42. The third-order valence-corrected chi connectivity index (χ3v) is 3.48. The lowest BCUT2D eigenvalue weighted by molar-refractivity contribution is 0.766. The standard InChI is InChI=1S/C12H11N5S/c1-17-6-9(5-16-17)18-12-10-4-8(13)2-3-11(10)14-7-15-12/h2-7H,13H2,1H3. The SMILES string of the molecule is Cn1cc(Sc2ncnc3ccc(N)cc23)cn1. The van der Waals surface area contributed by atoms with Gasteiger partial charge in [-0.05, 0) is 18.2 Å². The second kappa shape index (κ2) is 4.30. The molecule has 6 heteroatoms. The first-order valence-electron chi connectivity index (χ1n) is 5.39. The van der Waals surface area contributed by atoms with Crippen LogP contribution in [-0.4, -0.2) is 19.7 Å². The quantitative estimate of drug-likeness (QED) is 0.562. The zero-order chi connectivity index (χ0) is 12.5. The number of hydrogen-bond donors (Lipinski definition) is 1. The summed E-state index contributed by atoms with van der Waals surface area (Å²) >= 11 is 1.56. The van der Waals surface area contributed by atoms with Gasteiger partial charge >= 0.3 is 0 Å². The molecular formula is C12H11N5S. The van der Waals surface area contributed by atoms with Crippen molar-refractivity contribution < 1.29 is 0 Å². The zero-order valence-corrected chi connectivity index (χ0v) is 10.6. The van der Waals surface area contributed by atoms with Gasteiger partial charge in [0.2, 0.25) is 0 Å². The zero-order valence-electron chi connectivity index (χ0n) is 9.74. The highest BCUT2D eigenvalue weighted by Gasteiger charge is 2.07. The highest BCUT2D eigenvalue weighted by molar-refractivity contribution is 7.99. The summed E-state index contributed by atoms with van der Waals surface area (Å²) in [4.78, 5) is 9.58. The van der Waals surface area contributed by atoms with Gasteiger partial charge in [0.15, 0.2) is 0 Å². The second-order valence-corrected chi connectivity index (χ2v) is 4.97. The lowest BCUT2D eigenvalue weighted by Crippen LogP contribution is -1.89. The molecule has 3 aromatic rings. The van der Waals surface area contributed by atoms with E-state index in [1.54, 1.807) is 22.8 Å². The van der Waals surface area contributed by atoms with E-state index in [2.05, 4.69) is 15.1 Å². The van der Waals surface area contributed by atoms with Crippen molar-refractivity contribution >= 4 is 28.4 Å². The van der Waals surface area contributed by atoms with Crippen LogP contribution in [0.15, 0.2) is 46.8 Å². The Balaban J connectivity index is 2.08. The van der Waals surface area contributed by atoms with E-state index in [9.17, 15) is 0 Å². The van der Waals surface area contributed by atoms with Gasteiger partial charge in [0.1, 0.15) is 11.4 Å². The van der Waals surface area contributed by atoms with E-state index < -0.39 is 0 Å². The number of rotatable bonds is 2. The van der Waals surface area contributed by atoms with Crippen LogP contribution in [0, 0.1) is 0 Å². The fourth-order valence-electron chi connectivity index (χ4n) is 1.70. The summed E-state index contributed by atoms with van der Waals surface area (Å²) in [7, 11) is 1.89. The highest BCUT2D eigenvalue weighted by atomic mass is 32.2. The molecule has 2 aromatic heterocycles. The average molecular weight is 257 g/mol. The molecular weight excluding hydrogens is 246 g/mol. The van der Waals surface area contributed by atoms with Crippen LogP contribution >= 0.6 is 11.8 Å². The van der Waals surface area contributed by atoms with E-state index in [0.717, 1.165) is 20.8 Å². The van der Waals surface area contributed by atoms with E-state index in [1.807, 2.05) is 37.6 Å². The number of fused-ring (bicyclic) bond motifs is 1. The van der Waals surface area contributed by atoms with Crippen molar-refractivity contribution in [3.63, 3.8) is 0 Å². The first-order chi connectivity index (χ1) is 8.72. The smallest absolute Gasteiger partial charge is 0.117 e. The number of nitrogens with zero attached hydrogens (tertiary/aromatic N) is 4. The Morgan fingerprint density at radius 1 is 1.28 bits per heavy atom. The van der Waals surface area contributed by atoms with Crippen molar-refractivity contribution in [2.45, 2.75) is 9.92 Å². The van der Waals surface area contributed by atoms with Crippen molar-refractivity contribution in [2.24, 2.45) is 7.05 Å². The number of nitrogen functional groups attached to an aromatic ring is 1. The number of anilines is 1. The number of aryl methyl sites for hydroxylation is 1. The van der Waals surface area contributed by atoms with Crippen molar-refractivity contribution in [1.29, 1.82) is 0 Å². The lowest BCUT2D eigenvalue weighted by atomic mass is 10.2. The number of nitrogens with two attached hydrogens (primary N) is 1. The van der Waals surface area contributed by atoms with Crippen LogP contribution in [0.4, 0.5) is 5.69 Å². The van der Waals surface area contributed by atoms with Crippen LogP contribution in [-0.2, 0) is 7.05 Å². The lowest BCUT2D eigenvalue weighted by Gasteiger charge is -2.03. The van der Waals surface area contributed by atoms with Crippen molar-refractivity contribution in [3.8, 4) is 0 Å². The summed E-state index contributed by atoms with van der Waals surface area (Å²) in [5.74, 6) is 0. The molecule has 0 bridgehead atoms. The van der Waals surface area contributed by atoms with Gasteiger partial charge in [0.25, 0.3) is 0 Å². The Morgan fingerprint density at radius 2 is 2.17 bits per heavy atom.